The molecule has 0 saturated heterocycles. The first-order valence-corrected chi connectivity index (χ1v) is 11.3. The summed E-state index contributed by atoms with van der Waals surface area (Å²) in [4.78, 5) is 17.0. The van der Waals surface area contributed by atoms with E-state index in [-0.39, 0.29) is 11.9 Å². The quantitative estimate of drug-likeness (QED) is 0.733. The van der Waals surface area contributed by atoms with Crippen molar-refractivity contribution < 1.29 is 4.79 Å². The standard InChI is InChI=1S/C22H32N2OS/c1-15(2)6-20(19-4-3-5-23-13-19)24-21(25)14-26-22-10-16-7-17(11-22)9-18(8-16)12-22/h3-5,13,15-18,20H,6-12,14H2,1-2H3,(H,24,25)/t16?,17?,18?,20-,22?/m0/s1. The van der Waals surface area contributed by atoms with Crippen molar-refractivity contribution in [3.8, 4) is 0 Å². The first-order valence-electron chi connectivity index (χ1n) is 10.3. The smallest absolute Gasteiger partial charge is 0.230 e. The number of carbonyl (C=O) groups is 1. The van der Waals surface area contributed by atoms with Gasteiger partial charge in [-0.05, 0) is 80.2 Å². The summed E-state index contributed by atoms with van der Waals surface area (Å²) in [6, 6.07) is 4.11. The van der Waals surface area contributed by atoms with Gasteiger partial charge in [-0.3, -0.25) is 9.78 Å². The Balaban J connectivity index is 1.35. The van der Waals surface area contributed by atoms with Crippen LogP contribution in [0.1, 0.15) is 70.4 Å². The molecule has 0 aliphatic heterocycles. The number of pyridine rings is 1. The van der Waals surface area contributed by atoms with E-state index in [0.717, 1.165) is 29.7 Å². The molecule has 4 aliphatic rings. The molecule has 0 spiro atoms. The Morgan fingerprint density at radius 1 is 1.23 bits per heavy atom. The number of thioether (sulfide) groups is 1. The van der Waals surface area contributed by atoms with E-state index >= 15 is 0 Å². The van der Waals surface area contributed by atoms with Crippen molar-refractivity contribution in [1.29, 1.82) is 0 Å². The van der Waals surface area contributed by atoms with Crippen LogP contribution in [0.15, 0.2) is 24.5 Å². The number of hydrogen-bond donors (Lipinski definition) is 1. The fourth-order valence-corrected chi connectivity index (χ4v) is 7.58. The molecule has 4 bridgehead atoms. The van der Waals surface area contributed by atoms with E-state index in [1.54, 1.807) is 6.20 Å². The topological polar surface area (TPSA) is 42.0 Å². The van der Waals surface area contributed by atoms with Crippen LogP contribution in [-0.2, 0) is 4.79 Å². The second-order valence-corrected chi connectivity index (χ2v) is 10.9. The molecule has 4 saturated carbocycles. The van der Waals surface area contributed by atoms with E-state index in [0.29, 0.717) is 16.4 Å². The molecule has 4 fully saturated rings. The van der Waals surface area contributed by atoms with Crippen LogP contribution in [0.5, 0.6) is 0 Å². The molecule has 3 nitrogen and oxygen atoms in total. The second kappa shape index (κ2) is 7.53. The van der Waals surface area contributed by atoms with Crippen LogP contribution in [0.3, 0.4) is 0 Å². The maximum absolute atomic E-state index is 12.7. The number of hydrogen-bond acceptors (Lipinski definition) is 3. The molecule has 26 heavy (non-hydrogen) atoms. The Morgan fingerprint density at radius 2 is 1.88 bits per heavy atom. The lowest BCUT2D eigenvalue weighted by Crippen LogP contribution is -2.49. The maximum atomic E-state index is 12.7. The van der Waals surface area contributed by atoms with Crippen molar-refractivity contribution in [3.63, 3.8) is 0 Å². The summed E-state index contributed by atoms with van der Waals surface area (Å²) in [6.07, 6.45) is 13.1. The lowest BCUT2D eigenvalue weighted by atomic mass is 9.56. The van der Waals surface area contributed by atoms with E-state index in [1.807, 2.05) is 24.0 Å². The van der Waals surface area contributed by atoms with Crippen LogP contribution in [-0.4, -0.2) is 21.4 Å². The highest BCUT2D eigenvalue weighted by molar-refractivity contribution is 8.01. The van der Waals surface area contributed by atoms with Crippen LogP contribution < -0.4 is 5.32 Å². The zero-order chi connectivity index (χ0) is 18.1. The summed E-state index contributed by atoms with van der Waals surface area (Å²) in [7, 11) is 0. The number of nitrogens with one attached hydrogen (secondary N) is 1. The first kappa shape index (κ1) is 18.3. The van der Waals surface area contributed by atoms with Crippen molar-refractivity contribution in [2.75, 3.05) is 5.75 Å². The second-order valence-electron chi connectivity index (χ2n) is 9.43. The summed E-state index contributed by atoms with van der Waals surface area (Å²) in [5, 5.41) is 3.30. The van der Waals surface area contributed by atoms with Crippen molar-refractivity contribution in [2.45, 2.75) is 69.6 Å². The maximum Gasteiger partial charge on any atom is 0.230 e. The normalized spacial score (nSPS) is 33.4. The lowest BCUT2D eigenvalue weighted by Gasteiger charge is -2.56. The van der Waals surface area contributed by atoms with Crippen LogP contribution in [0.25, 0.3) is 0 Å². The highest BCUT2D eigenvalue weighted by Gasteiger charge is 2.51. The van der Waals surface area contributed by atoms with Crippen molar-refractivity contribution >= 4 is 17.7 Å². The molecule has 1 N–H and O–H groups in total. The summed E-state index contributed by atoms with van der Waals surface area (Å²) < 4.78 is 0.411. The first-order chi connectivity index (χ1) is 12.5. The number of amides is 1. The van der Waals surface area contributed by atoms with E-state index in [4.69, 9.17) is 0 Å². The molecular weight excluding hydrogens is 340 g/mol. The van der Waals surface area contributed by atoms with Crippen molar-refractivity contribution in [3.05, 3.63) is 30.1 Å². The van der Waals surface area contributed by atoms with Gasteiger partial charge in [-0.1, -0.05) is 19.9 Å². The van der Waals surface area contributed by atoms with Gasteiger partial charge in [0.05, 0.1) is 11.8 Å². The van der Waals surface area contributed by atoms with Crippen LogP contribution in [0.4, 0.5) is 0 Å². The predicted octanol–water partition coefficient (Wildman–Crippen LogP) is 4.99. The van der Waals surface area contributed by atoms with Crippen molar-refractivity contribution in [2.24, 2.45) is 23.7 Å². The van der Waals surface area contributed by atoms with Gasteiger partial charge in [0.2, 0.25) is 5.91 Å². The number of aromatic nitrogens is 1. The van der Waals surface area contributed by atoms with E-state index in [9.17, 15) is 4.79 Å². The van der Waals surface area contributed by atoms with Gasteiger partial charge < -0.3 is 5.32 Å². The van der Waals surface area contributed by atoms with Crippen LogP contribution in [0.2, 0.25) is 0 Å². The molecular formula is C22H32N2OS. The minimum Gasteiger partial charge on any atom is -0.349 e. The molecule has 1 atom stereocenters. The van der Waals surface area contributed by atoms with Gasteiger partial charge in [-0.15, -0.1) is 11.8 Å². The zero-order valence-corrected chi connectivity index (χ0v) is 16.9. The Bertz CT molecular complexity index is 595. The van der Waals surface area contributed by atoms with Gasteiger partial charge in [0, 0.05) is 17.1 Å². The number of carbonyl (C=O) groups excluding carboxylic acids is 1. The molecule has 1 heterocycles. The molecule has 4 aliphatic carbocycles. The molecule has 1 aromatic heterocycles. The lowest BCUT2D eigenvalue weighted by molar-refractivity contribution is -0.119. The zero-order valence-electron chi connectivity index (χ0n) is 16.1. The van der Waals surface area contributed by atoms with Gasteiger partial charge in [0.25, 0.3) is 0 Å². The van der Waals surface area contributed by atoms with Gasteiger partial charge in [0.1, 0.15) is 0 Å². The molecule has 4 heteroatoms. The third kappa shape index (κ3) is 4.11. The average molecular weight is 373 g/mol. The molecule has 0 aromatic carbocycles. The fraction of sp³-hybridized carbons (Fsp3) is 0.727. The Labute approximate surface area is 162 Å². The van der Waals surface area contributed by atoms with Gasteiger partial charge >= 0.3 is 0 Å². The molecule has 5 rings (SSSR count). The monoisotopic (exact) mass is 372 g/mol. The number of nitrogens with zero attached hydrogens (tertiary/aromatic N) is 1. The average Bonchev–Trinajstić information content (AvgIpc) is 2.59. The summed E-state index contributed by atoms with van der Waals surface area (Å²) in [5.41, 5.74) is 1.12. The predicted molar refractivity (Wildman–Crippen MR) is 108 cm³/mol. The Hall–Kier alpha value is -1.03. The van der Waals surface area contributed by atoms with Gasteiger partial charge in [0.15, 0.2) is 0 Å². The summed E-state index contributed by atoms with van der Waals surface area (Å²) >= 11 is 1.97. The van der Waals surface area contributed by atoms with Crippen molar-refractivity contribution in [1.82, 2.24) is 10.3 Å². The third-order valence-electron chi connectivity index (χ3n) is 6.62. The third-order valence-corrected chi connectivity index (χ3v) is 8.14. The highest BCUT2D eigenvalue weighted by atomic mass is 32.2. The van der Waals surface area contributed by atoms with Gasteiger partial charge in [-0.2, -0.15) is 0 Å². The molecule has 0 radical (unpaired) electrons. The summed E-state index contributed by atoms with van der Waals surface area (Å²) in [6.45, 7) is 4.42. The fourth-order valence-electron chi connectivity index (χ4n) is 5.99. The van der Waals surface area contributed by atoms with E-state index in [1.165, 1.54) is 38.5 Å². The molecule has 1 aromatic rings. The largest absolute Gasteiger partial charge is 0.349 e. The SMILES string of the molecule is CC(C)C[C@H](NC(=O)CSC12CC3CC(CC(C3)C1)C2)c1cccnc1. The summed E-state index contributed by atoms with van der Waals surface area (Å²) in [5.74, 6) is 4.18. The minimum absolute atomic E-state index is 0.0770. The highest BCUT2D eigenvalue weighted by Crippen LogP contribution is 2.60. The Morgan fingerprint density at radius 3 is 2.42 bits per heavy atom. The molecule has 1 amide bonds. The molecule has 0 unspecified atom stereocenters. The van der Waals surface area contributed by atoms with Crippen LogP contribution >= 0.6 is 11.8 Å². The number of rotatable bonds is 7. The minimum atomic E-state index is 0.0770. The molecule has 142 valence electrons. The van der Waals surface area contributed by atoms with Gasteiger partial charge in [-0.25, -0.2) is 0 Å². The van der Waals surface area contributed by atoms with Crippen LogP contribution in [0, 0.1) is 23.7 Å². The van der Waals surface area contributed by atoms with E-state index in [2.05, 4.69) is 30.2 Å². The van der Waals surface area contributed by atoms with E-state index < -0.39 is 0 Å². The Kier molecular flexibility index (Phi) is 5.31.